The van der Waals surface area contributed by atoms with E-state index in [0.29, 0.717) is 23.3 Å². The molecule has 7 heteroatoms. The SMILES string of the molecule is C=C(C)C(=O)OCCCCCCn1c2ccccc2c2cc(/C=C(\C#N)c3ccc([N+](=O)[O-])cc3)ccc21. The largest absolute Gasteiger partial charge is 0.462 e. The number of carbonyl (C=O) groups is 1. The molecule has 0 atom stereocenters. The number of ether oxygens (including phenoxy) is 1. The van der Waals surface area contributed by atoms with Gasteiger partial charge >= 0.3 is 5.97 Å². The summed E-state index contributed by atoms with van der Waals surface area (Å²) in [5.74, 6) is -0.334. The standard InChI is InChI=1S/C31H29N3O4/c1-22(2)31(35)38-18-8-4-3-7-17-33-29-10-6-5-9-27(29)28-20-23(11-16-30(28)33)19-25(21-32)24-12-14-26(15-13-24)34(36)37/h5-6,9-16,19-20H,1,3-4,7-8,17-18H2,2H3/b25-19+. The zero-order valence-corrected chi connectivity index (χ0v) is 21.4. The van der Waals surface area contributed by atoms with Crippen molar-refractivity contribution in [1.29, 1.82) is 5.26 Å². The Balaban J connectivity index is 1.51. The summed E-state index contributed by atoms with van der Waals surface area (Å²) in [6.07, 6.45) is 5.66. The highest BCUT2D eigenvalue weighted by atomic mass is 16.6. The normalized spacial score (nSPS) is 11.4. The maximum absolute atomic E-state index is 11.5. The van der Waals surface area contributed by atoms with E-state index in [1.807, 2.05) is 24.3 Å². The number of nitriles is 1. The molecule has 38 heavy (non-hydrogen) atoms. The van der Waals surface area contributed by atoms with Crippen LogP contribution in [0.3, 0.4) is 0 Å². The molecule has 0 spiro atoms. The lowest BCUT2D eigenvalue weighted by Gasteiger charge is -2.08. The van der Waals surface area contributed by atoms with Crippen molar-refractivity contribution in [1.82, 2.24) is 4.57 Å². The Labute approximate surface area is 221 Å². The third kappa shape index (κ3) is 5.98. The molecule has 192 valence electrons. The molecule has 4 aromatic rings. The maximum Gasteiger partial charge on any atom is 0.333 e. The number of non-ortho nitro benzene ring substituents is 1. The number of esters is 1. The zero-order chi connectivity index (χ0) is 27.1. The molecule has 0 saturated carbocycles. The first kappa shape index (κ1) is 26.4. The van der Waals surface area contributed by atoms with Crippen LogP contribution in [0.5, 0.6) is 0 Å². The van der Waals surface area contributed by atoms with Crippen LogP contribution in [0, 0.1) is 21.4 Å². The number of aromatic nitrogens is 1. The molecule has 0 radical (unpaired) electrons. The van der Waals surface area contributed by atoms with Crippen molar-refractivity contribution in [2.45, 2.75) is 39.2 Å². The van der Waals surface area contributed by atoms with Crippen LogP contribution < -0.4 is 0 Å². The van der Waals surface area contributed by atoms with Gasteiger partial charge in [-0.25, -0.2) is 4.79 Å². The smallest absolute Gasteiger partial charge is 0.333 e. The minimum Gasteiger partial charge on any atom is -0.462 e. The highest BCUT2D eigenvalue weighted by molar-refractivity contribution is 6.09. The van der Waals surface area contributed by atoms with Crippen LogP contribution in [0.25, 0.3) is 33.5 Å². The number of nitrogens with zero attached hydrogens (tertiary/aromatic N) is 3. The number of benzene rings is 3. The van der Waals surface area contributed by atoms with Crippen molar-refractivity contribution in [2.75, 3.05) is 6.61 Å². The van der Waals surface area contributed by atoms with Gasteiger partial charge in [-0.15, -0.1) is 0 Å². The molecule has 0 saturated heterocycles. The monoisotopic (exact) mass is 507 g/mol. The van der Waals surface area contributed by atoms with Crippen molar-refractivity contribution < 1.29 is 14.5 Å². The Hall–Kier alpha value is -4.70. The van der Waals surface area contributed by atoms with Crippen molar-refractivity contribution in [3.8, 4) is 6.07 Å². The Kier molecular flexibility index (Phi) is 8.34. The molecule has 0 N–H and O–H groups in total. The van der Waals surface area contributed by atoms with E-state index in [4.69, 9.17) is 4.74 Å². The first-order valence-electron chi connectivity index (χ1n) is 12.6. The zero-order valence-electron chi connectivity index (χ0n) is 21.4. The fourth-order valence-electron chi connectivity index (χ4n) is 4.53. The Morgan fingerprint density at radius 2 is 1.74 bits per heavy atom. The Morgan fingerprint density at radius 1 is 1.03 bits per heavy atom. The second-order valence-corrected chi connectivity index (χ2v) is 9.25. The summed E-state index contributed by atoms with van der Waals surface area (Å²) >= 11 is 0. The molecule has 0 aliphatic rings. The highest BCUT2D eigenvalue weighted by Gasteiger charge is 2.12. The number of para-hydroxylation sites is 1. The molecule has 0 bridgehead atoms. The van der Waals surface area contributed by atoms with Gasteiger partial charge in [-0.2, -0.15) is 5.26 Å². The van der Waals surface area contributed by atoms with E-state index in [-0.39, 0.29) is 11.7 Å². The van der Waals surface area contributed by atoms with Crippen molar-refractivity contribution in [3.05, 3.63) is 100 Å². The van der Waals surface area contributed by atoms with Crippen molar-refractivity contribution in [3.63, 3.8) is 0 Å². The summed E-state index contributed by atoms with van der Waals surface area (Å²) in [6.45, 7) is 6.53. The number of aryl methyl sites for hydroxylation is 1. The lowest BCUT2D eigenvalue weighted by molar-refractivity contribution is -0.384. The molecule has 1 aromatic heterocycles. The third-order valence-corrected chi connectivity index (χ3v) is 6.47. The summed E-state index contributed by atoms with van der Waals surface area (Å²) in [7, 11) is 0. The Bertz CT molecular complexity index is 1570. The summed E-state index contributed by atoms with van der Waals surface area (Å²) in [4.78, 5) is 22.0. The summed E-state index contributed by atoms with van der Waals surface area (Å²) in [5, 5.41) is 23.0. The second-order valence-electron chi connectivity index (χ2n) is 9.25. The third-order valence-electron chi connectivity index (χ3n) is 6.47. The van der Waals surface area contributed by atoms with E-state index >= 15 is 0 Å². The van der Waals surface area contributed by atoms with Crippen LogP contribution in [0.1, 0.15) is 43.7 Å². The first-order chi connectivity index (χ1) is 18.4. The fourth-order valence-corrected chi connectivity index (χ4v) is 4.53. The quantitative estimate of drug-likeness (QED) is 0.0399. The number of nitro benzene ring substituents is 1. The van der Waals surface area contributed by atoms with Gasteiger partial charge in [0.2, 0.25) is 0 Å². The first-order valence-corrected chi connectivity index (χ1v) is 12.6. The number of nitro groups is 1. The average Bonchev–Trinajstić information content (AvgIpc) is 3.24. The molecule has 7 nitrogen and oxygen atoms in total. The lowest BCUT2D eigenvalue weighted by atomic mass is 10.0. The van der Waals surface area contributed by atoms with Gasteiger partial charge in [0.25, 0.3) is 5.69 Å². The predicted molar refractivity (Wildman–Crippen MR) is 150 cm³/mol. The number of rotatable bonds is 11. The van der Waals surface area contributed by atoms with Gasteiger partial charge in [-0.05, 0) is 73.7 Å². The van der Waals surface area contributed by atoms with Crippen LogP contribution in [-0.4, -0.2) is 22.1 Å². The van der Waals surface area contributed by atoms with E-state index in [2.05, 4.69) is 41.5 Å². The minimum absolute atomic E-state index is 0.00789. The molecule has 0 fully saturated rings. The fraction of sp³-hybridized carbons (Fsp3) is 0.226. The number of hydrogen-bond donors (Lipinski definition) is 0. The molecule has 0 aliphatic heterocycles. The van der Waals surface area contributed by atoms with Gasteiger partial charge in [0.1, 0.15) is 0 Å². The maximum atomic E-state index is 11.5. The van der Waals surface area contributed by atoms with Gasteiger partial charge < -0.3 is 9.30 Å². The molecular weight excluding hydrogens is 478 g/mol. The topological polar surface area (TPSA) is 98.2 Å². The van der Waals surface area contributed by atoms with Gasteiger partial charge in [0.05, 0.1) is 23.2 Å². The van der Waals surface area contributed by atoms with Crippen molar-refractivity contribution >= 4 is 45.1 Å². The number of allylic oxidation sites excluding steroid dienone is 1. The minimum atomic E-state index is -0.453. The van der Waals surface area contributed by atoms with Crippen LogP contribution >= 0.6 is 0 Å². The van der Waals surface area contributed by atoms with E-state index < -0.39 is 4.92 Å². The van der Waals surface area contributed by atoms with E-state index in [0.717, 1.165) is 59.6 Å². The summed E-state index contributed by atoms with van der Waals surface area (Å²) in [5.41, 5.74) is 4.67. The van der Waals surface area contributed by atoms with E-state index in [1.54, 1.807) is 19.1 Å². The molecule has 4 rings (SSSR count). The van der Waals surface area contributed by atoms with Gasteiger partial charge in [0.15, 0.2) is 0 Å². The van der Waals surface area contributed by atoms with Crippen molar-refractivity contribution in [2.24, 2.45) is 0 Å². The van der Waals surface area contributed by atoms with Crippen LogP contribution in [0.2, 0.25) is 0 Å². The van der Waals surface area contributed by atoms with E-state index in [9.17, 15) is 20.2 Å². The summed E-state index contributed by atoms with van der Waals surface area (Å²) in [6, 6.07) is 22.7. The molecule has 3 aromatic carbocycles. The van der Waals surface area contributed by atoms with Gasteiger partial charge in [0, 0.05) is 46.1 Å². The highest BCUT2D eigenvalue weighted by Crippen LogP contribution is 2.31. The summed E-state index contributed by atoms with van der Waals surface area (Å²) < 4.78 is 7.50. The second kappa shape index (κ2) is 12.0. The van der Waals surface area contributed by atoms with Gasteiger partial charge in [-0.3, -0.25) is 10.1 Å². The van der Waals surface area contributed by atoms with Crippen LogP contribution in [-0.2, 0) is 16.1 Å². The van der Waals surface area contributed by atoms with Crippen LogP contribution in [0.4, 0.5) is 5.69 Å². The average molecular weight is 508 g/mol. The molecule has 1 heterocycles. The number of carbonyl (C=O) groups excluding carboxylic acids is 1. The predicted octanol–water partition coefficient (Wildman–Crippen LogP) is 7.45. The lowest BCUT2D eigenvalue weighted by Crippen LogP contribution is -2.06. The number of fused-ring (bicyclic) bond motifs is 3. The molecule has 0 aliphatic carbocycles. The molecular formula is C31H29N3O4. The molecule has 0 amide bonds. The molecule has 0 unspecified atom stereocenters. The number of hydrogen-bond acceptors (Lipinski definition) is 5. The Morgan fingerprint density at radius 3 is 2.45 bits per heavy atom. The van der Waals surface area contributed by atoms with Gasteiger partial charge in [-0.1, -0.05) is 37.3 Å². The van der Waals surface area contributed by atoms with Crippen LogP contribution in [0.15, 0.2) is 78.9 Å². The number of unbranched alkanes of at least 4 members (excludes halogenated alkanes) is 3. The van der Waals surface area contributed by atoms with E-state index in [1.165, 1.54) is 12.1 Å².